The van der Waals surface area contributed by atoms with Gasteiger partial charge in [0.1, 0.15) is 28.0 Å². The van der Waals surface area contributed by atoms with Gasteiger partial charge in [-0.25, -0.2) is 0 Å². The number of carbonyl (C=O) groups is 3. The number of nitrogens with two attached hydrogens (primary N) is 1. The summed E-state index contributed by atoms with van der Waals surface area (Å²) in [7, 11) is 0. The molecule has 3 aromatic rings. The molecule has 0 bridgehead atoms. The lowest BCUT2D eigenvalue weighted by Crippen LogP contribution is -2.74. The maximum absolute atomic E-state index is 13.0. The van der Waals surface area contributed by atoms with E-state index in [1.54, 1.807) is 26.0 Å². The molecule has 19 heteroatoms. The molecule has 200 valence electrons. The molecule has 16 nitrogen and oxygen atoms in total. The van der Waals surface area contributed by atoms with Crippen molar-refractivity contribution in [1.29, 1.82) is 0 Å². The summed E-state index contributed by atoms with van der Waals surface area (Å²) in [6.45, 7) is 3.47. The van der Waals surface area contributed by atoms with E-state index in [0.717, 1.165) is 11.5 Å². The Bertz CT molecular complexity index is 1430. The van der Waals surface area contributed by atoms with Gasteiger partial charge in [0.05, 0.1) is 0 Å². The van der Waals surface area contributed by atoms with Gasteiger partial charge in [-0.2, -0.15) is 9.36 Å². The largest absolute Gasteiger partial charge is 0.481 e. The lowest BCUT2D eigenvalue weighted by Gasteiger charge is -2.53. The van der Waals surface area contributed by atoms with Crippen molar-refractivity contribution in [1.82, 2.24) is 44.8 Å². The Morgan fingerprint density at radius 1 is 1.42 bits per heavy atom. The number of aromatic nitrogens is 7. The van der Waals surface area contributed by atoms with Crippen LogP contribution in [0, 0.1) is 5.41 Å². The van der Waals surface area contributed by atoms with Crippen LogP contribution in [0.4, 0.5) is 5.13 Å². The van der Waals surface area contributed by atoms with Crippen LogP contribution in [-0.2, 0) is 19.2 Å². The fraction of sp³-hybridized carbons (Fsp3) is 0.474. The Balaban J connectivity index is 1.26. The fourth-order valence-corrected chi connectivity index (χ4v) is 6.86. The van der Waals surface area contributed by atoms with E-state index in [-0.39, 0.29) is 40.8 Å². The van der Waals surface area contributed by atoms with Crippen molar-refractivity contribution >= 4 is 69.3 Å². The van der Waals surface area contributed by atoms with E-state index >= 15 is 0 Å². The second-order valence-corrected chi connectivity index (χ2v) is 11.6. The SMILES string of the molecule is CC(C)ON=C(C(=O)NC1C(=O)N2CC(CSc3ccc4nnnn4n3)(C(=O)O)CS[C@H]12)c1nsc(N)n1. The van der Waals surface area contributed by atoms with Gasteiger partial charge < -0.3 is 25.9 Å². The van der Waals surface area contributed by atoms with Crippen LogP contribution in [-0.4, -0.2) is 104 Å². The first kappa shape index (κ1) is 26.0. The van der Waals surface area contributed by atoms with Gasteiger partial charge in [-0.1, -0.05) is 5.16 Å². The molecule has 3 aromatic heterocycles. The summed E-state index contributed by atoms with van der Waals surface area (Å²) in [4.78, 5) is 49.0. The predicted octanol–water partition coefficient (Wildman–Crippen LogP) is -0.655. The number of hydrogen-bond donors (Lipinski definition) is 3. The molecular weight excluding hydrogens is 558 g/mol. The molecular formula is C19H21N11O5S3. The molecule has 0 spiro atoms. The van der Waals surface area contributed by atoms with Gasteiger partial charge in [0.2, 0.25) is 17.4 Å². The van der Waals surface area contributed by atoms with Crippen molar-refractivity contribution in [2.24, 2.45) is 10.6 Å². The number of thioether (sulfide) groups is 2. The van der Waals surface area contributed by atoms with Crippen molar-refractivity contribution in [3.05, 3.63) is 18.0 Å². The zero-order valence-electron chi connectivity index (χ0n) is 19.9. The fourth-order valence-electron chi connectivity index (χ4n) is 3.71. The molecule has 3 atom stereocenters. The summed E-state index contributed by atoms with van der Waals surface area (Å²) in [6, 6.07) is 2.52. The lowest BCUT2D eigenvalue weighted by atomic mass is 9.89. The number of anilines is 1. The first-order valence-electron chi connectivity index (χ1n) is 11.1. The number of β-lactam (4-membered cyclic amide) rings is 1. The molecule has 38 heavy (non-hydrogen) atoms. The molecule has 2 saturated heterocycles. The third kappa shape index (κ3) is 4.95. The second-order valence-electron chi connectivity index (χ2n) is 8.74. The van der Waals surface area contributed by atoms with Crippen LogP contribution in [0.2, 0.25) is 0 Å². The zero-order chi connectivity index (χ0) is 27.0. The number of carbonyl (C=O) groups excluding carboxylic acids is 2. The number of tetrazole rings is 1. The molecule has 5 heterocycles. The summed E-state index contributed by atoms with van der Waals surface area (Å²) < 4.78 is 5.27. The number of rotatable bonds is 9. The summed E-state index contributed by atoms with van der Waals surface area (Å²) in [5, 5.41) is 32.2. The van der Waals surface area contributed by atoms with Crippen LogP contribution < -0.4 is 11.1 Å². The standard InChI is InChI=1S/C19H21N11O5S3/c1-8(2)35-25-11(13-22-18(20)38-26-13)14(31)21-12-15(32)29-5-19(17(33)34,7-37-16(12)29)6-36-10-4-3-9-23-27-28-30(9)24-10/h3-4,8,12,16H,5-7H2,1-2H3,(H,21,31)(H,33,34)(H2,20,22,26)/t12?,16-,19?/m1/s1. The highest BCUT2D eigenvalue weighted by molar-refractivity contribution is 8.00. The van der Waals surface area contributed by atoms with Gasteiger partial charge in [-0.05, 0) is 36.4 Å². The highest BCUT2D eigenvalue weighted by atomic mass is 32.2. The van der Waals surface area contributed by atoms with Gasteiger partial charge in [0, 0.05) is 29.6 Å². The Kier molecular flexibility index (Phi) is 7.05. The van der Waals surface area contributed by atoms with Gasteiger partial charge in [0.15, 0.2) is 10.8 Å². The molecule has 2 amide bonds. The van der Waals surface area contributed by atoms with Crippen LogP contribution in [0.5, 0.6) is 0 Å². The number of fused-ring (bicyclic) bond motifs is 2. The summed E-state index contributed by atoms with van der Waals surface area (Å²) in [5.41, 5.74) is 4.69. The van der Waals surface area contributed by atoms with Crippen molar-refractivity contribution in [3.63, 3.8) is 0 Å². The molecule has 4 N–H and O–H groups in total. The number of nitrogens with zero attached hydrogens (tertiary/aromatic N) is 9. The monoisotopic (exact) mass is 579 g/mol. The van der Waals surface area contributed by atoms with E-state index in [1.807, 2.05) is 0 Å². The van der Waals surface area contributed by atoms with Crippen LogP contribution >= 0.6 is 35.1 Å². The Morgan fingerprint density at radius 3 is 2.95 bits per heavy atom. The molecule has 0 saturated carbocycles. The Morgan fingerprint density at radius 2 is 2.24 bits per heavy atom. The van der Waals surface area contributed by atoms with Crippen LogP contribution in [0.1, 0.15) is 19.7 Å². The van der Waals surface area contributed by atoms with E-state index < -0.39 is 34.6 Å². The first-order valence-corrected chi connectivity index (χ1v) is 14.0. The molecule has 2 aliphatic heterocycles. The van der Waals surface area contributed by atoms with E-state index in [0.29, 0.717) is 10.7 Å². The van der Waals surface area contributed by atoms with Crippen LogP contribution in [0.15, 0.2) is 22.3 Å². The summed E-state index contributed by atoms with van der Waals surface area (Å²) in [5.74, 6) is -1.73. The predicted molar refractivity (Wildman–Crippen MR) is 136 cm³/mol. The molecule has 2 unspecified atom stereocenters. The number of carboxylic acids is 1. The number of amides is 2. The van der Waals surface area contributed by atoms with Crippen molar-refractivity contribution < 1.29 is 24.3 Å². The van der Waals surface area contributed by atoms with Crippen LogP contribution in [0.25, 0.3) is 5.65 Å². The van der Waals surface area contributed by atoms with Gasteiger partial charge in [-0.15, -0.1) is 38.4 Å². The van der Waals surface area contributed by atoms with E-state index in [2.05, 4.69) is 40.5 Å². The topological polar surface area (TPSA) is 216 Å². The summed E-state index contributed by atoms with van der Waals surface area (Å²) >= 11 is 3.43. The number of nitrogen functional groups attached to an aromatic ring is 1. The Labute approximate surface area is 226 Å². The maximum atomic E-state index is 13.0. The van der Waals surface area contributed by atoms with E-state index in [9.17, 15) is 19.5 Å². The third-order valence-electron chi connectivity index (χ3n) is 5.65. The minimum absolute atomic E-state index is 0.00703. The average molecular weight is 580 g/mol. The van der Waals surface area contributed by atoms with E-state index in [4.69, 9.17) is 10.6 Å². The molecule has 2 fully saturated rings. The average Bonchev–Trinajstić information content (AvgIpc) is 3.54. The molecule has 0 aromatic carbocycles. The lowest BCUT2D eigenvalue weighted by molar-refractivity contribution is -0.157. The second kappa shape index (κ2) is 10.3. The van der Waals surface area contributed by atoms with Gasteiger partial charge in [-0.3, -0.25) is 14.4 Å². The van der Waals surface area contributed by atoms with Crippen LogP contribution in [0.3, 0.4) is 0 Å². The highest BCUT2D eigenvalue weighted by Gasteiger charge is 2.57. The zero-order valence-corrected chi connectivity index (χ0v) is 22.4. The molecule has 5 rings (SSSR count). The van der Waals surface area contributed by atoms with Gasteiger partial charge in [0.25, 0.3) is 5.91 Å². The molecule has 2 aliphatic rings. The normalized spacial score (nSPS) is 23.3. The Hall–Kier alpha value is -3.58. The maximum Gasteiger partial charge on any atom is 0.313 e. The number of nitrogens with one attached hydrogen (secondary N) is 1. The number of hydrogen-bond acceptors (Lipinski definition) is 15. The smallest absolute Gasteiger partial charge is 0.313 e. The first-order chi connectivity index (χ1) is 18.2. The van der Waals surface area contributed by atoms with Crippen molar-refractivity contribution in [2.45, 2.75) is 36.4 Å². The number of aliphatic carboxylic acids is 1. The summed E-state index contributed by atoms with van der Waals surface area (Å²) in [6.07, 6.45) is -0.310. The number of carboxylic acid groups (broad SMARTS) is 1. The van der Waals surface area contributed by atoms with Crippen molar-refractivity contribution in [3.8, 4) is 0 Å². The minimum atomic E-state index is -1.21. The molecule has 0 aliphatic carbocycles. The molecule has 0 radical (unpaired) electrons. The third-order valence-corrected chi connectivity index (χ3v) is 8.99. The van der Waals surface area contributed by atoms with Gasteiger partial charge >= 0.3 is 5.97 Å². The highest BCUT2D eigenvalue weighted by Crippen LogP contribution is 2.44. The van der Waals surface area contributed by atoms with Crippen molar-refractivity contribution in [2.75, 3.05) is 23.8 Å². The minimum Gasteiger partial charge on any atom is -0.481 e. The number of oxime groups is 1. The van der Waals surface area contributed by atoms with E-state index in [1.165, 1.54) is 33.1 Å². The quantitative estimate of drug-likeness (QED) is 0.124.